The minimum atomic E-state index is -2.04. The minimum absolute atomic E-state index is 0.901. The molecule has 0 amide bonds. The first-order valence-corrected chi connectivity index (χ1v) is 7.15. The second kappa shape index (κ2) is 3.43. The molecule has 0 radical (unpaired) electrons. The third-order valence-electron chi connectivity index (χ3n) is 2.82. The molecular weight excluding hydrogens is 192 g/mol. The van der Waals surface area contributed by atoms with Crippen LogP contribution in [0.15, 0.2) is 23.1 Å². The Morgan fingerprint density at radius 3 is 2.50 bits per heavy atom. The molecule has 0 aromatic heterocycles. The molecule has 1 aromatic carbocycles. The van der Waals surface area contributed by atoms with E-state index in [1.54, 1.807) is 6.26 Å². The molecule has 1 aromatic rings. The SMILES string of the molecule is C=S(C)(=O)c1ccc2c(c1)CCCC2. The van der Waals surface area contributed by atoms with E-state index in [1.807, 2.05) is 6.07 Å². The molecule has 0 bridgehead atoms. The lowest BCUT2D eigenvalue weighted by atomic mass is 9.92. The van der Waals surface area contributed by atoms with Gasteiger partial charge >= 0.3 is 0 Å². The molecule has 0 saturated heterocycles. The molecule has 0 heterocycles. The smallest absolute Gasteiger partial charge is 0.0305 e. The number of hydrogen-bond acceptors (Lipinski definition) is 1. The van der Waals surface area contributed by atoms with E-state index >= 15 is 0 Å². The molecule has 14 heavy (non-hydrogen) atoms. The molecule has 0 fully saturated rings. The van der Waals surface area contributed by atoms with Gasteiger partial charge in [-0.15, -0.1) is 0 Å². The summed E-state index contributed by atoms with van der Waals surface area (Å²) in [5.41, 5.74) is 2.82. The second-order valence-corrected chi connectivity index (χ2v) is 6.62. The first kappa shape index (κ1) is 9.78. The van der Waals surface area contributed by atoms with Crippen molar-refractivity contribution in [2.45, 2.75) is 30.6 Å². The van der Waals surface area contributed by atoms with E-state index in [4.69, 9.17) is 0 Å². The van der Waals surface area contributed by atoms with Gasteiger partial charge in [0.05, 0.1) is 0 Å². The van der Waals surface area contributed by atoms with Crippen LogP contribution in [0.25, 0.3) is 0 Å². The van der Waals surface area contributed by atoms with Gasteiger partial charge in [-0.25, -0.2) is 0 Å². The fraction of sp³-hybridized carbons (Fsp3) is 0.417. The molecule has 1 aliphatic carbocycles. The molecule has 0 spiro atoms. The van der Waals surface area contributed by atoms with Crippen molar-refractivity contribution in [1.29, 1.82) is 0 Å². The van der Waals surface area contributed by atoms with Gasteiger partial charge in [-0.05, 0) is 64.3 Å². The maximum Gasteiger partial charge on any atom is 0.0305 e. The van der Waals surface area contributed by atoms with Gasteiger partial charge in [-0.3, -0.25) is 4.21 Å². The van der Waals surface area contributed by atoms with E-state index in [9.17, 15) is 4.21 Å². The summed E-state index contributed by atoms with van der Waals surface area (Å²) in [5.74, 6) is 3.72. The van der Waals surface area contributed by atoms with Gasteiger partial charge in [0.15, 0.2) is 0 Å². The van der Waals surface area contributed by atoms with E-state index in [0.29, 0.717) is 0 Å². The van der Waals surface area contributed by atoms with Gasteiger partial charge in [0.1, 0.15) is 0 Å². The molecule has 1 unspecified atom stereocenters. The van der Waals surface area contributed by atoms with E-state index < -0.39 is 9.52 Å². The topological polar surface area (TPSA) is 17.1 Å². The molecule has 76 valence electrons. The van der Waals surface area contributed by atoms with Crippen molar-refractivity contribution in [3.8, 4) is 0 Å². The van der Waals surface area contributed by atoms with Gasteiger partial charge in [-0.1, -0.05) is 6.07 Å². The third kappa shape index (κ3) is 1.85. The highest BCUT2D eigenvalue weighted by Crippen LogP contribution is 2.23. The summed E-state index contributed by atoms with van der Waals surface area (Å²) in [6.07, 6.45) is 6.57. The van der Waals surface area contributed by atoms with Crippen LogP contribution in [0.1, 0.15) is 24.0 Å². The van der Waals surface area contributed by atoms with Gasteiger partial charge in [0, 0.05) is 11.2 Å². The van der Waals surface area contributed by atoms with Crippen molar-refractivity contribution in [3.05, 3.63) is 29.3 Å². The summed E-state index contributed by atoms with van der Waals surface area (Å²) in [7, 11) is -2.04. The van der Waals surface area contributed by atoms with Crippen LogP contribution in [0.5, 0.6) is 0 Å². The quantitative estimate of drug-likeness (QED) is 0.647. The molecule has 2 heteroatoms. The Kier molecular flexibility index (Phi) is 2.40. The molecule has 1 aliphatic rings. The summed E-state index contributed by atoms with van der Waals surface area (Å²) in [5, 5.41) is 0. The second-order valence-electron chi connectivity index (χ2n) is 4.14. The number of fused-ring (bicyclic) bond motifs is 1. The molecule has 2 rings (SSSR count). The summed E-state index contributed by atoms with van der Waals surface area (Å²) in [4.78, 5) is 0.901. The average molecular weight is 208 g/mol. The Balaban J connectivity index is 2.49. The standard InChI is InChI=1S/C12H16OS/c1-14(2,13)12-8-7-10-5-3-4-6-11(10)9-12/h7-9H,1,3-6H2,2H3. The number of benzene rings is 1. The lowest BCUT2D eigenvalue weighted by molar-refractivity contribution is 0.677. The van der Waals surface area contributed by atoms with Crippen molar-refractivity contribution in [3.63, 3.8) is 0 Å². The highest BCUT2D eigenvalue weighted by Gasteiger charge is 2.11. The largest absolute Gasteiger partial charge is 0.263 e. The highest BCUT2D eigenvalue weighted by molar-refractivity contribution is 7.99. The summed E-state index contributed by atoms with van der Waals surface area (Å²) >= 11 is 0. The van der Waals surface area contributed by atoms with Crippen molar-refractivity contribution in [2.24, 2.45) is 0 Å². The molecule has 1 atom stereocenters. The lowest BCUT2D eigenvalue weighted by Crippen LogP contribution is -2.05. The zero-order valence-electron chi connectivity index (χ0n) is 8.58. The predicted molar refractivity (Wildman–Crippen MR) is 62.5 cm³/mol. The third-order valence-corrected chi connectivity index (χ3v) is 4.07. The van der Waals surface area contributed by atoms with E-state index in [2.05, 4.69) is 18.0 Å². The summed E-state index contributed by atoms with van der Waals surface area (Å²) in [6, 6.07) is 6.18. The fourth-order valence-corrected chi connectivity index (χ4v) is 2.73. The number of aryl methyl sites for hydroxylation is 2. The first-order chi connectivity index (χ1) is 6.57. The molecular formula is C12H16OS. The highest BCUT2D eigenvalue weighted by atomic mass is 32.2. The maximum atomic E-state index is 11.8. The molecule has 0 aliphatic heterocycles. The summed E-state index contributed by atoms with van der Waals surface area (Å²) in [6.45, 7) is 0. The van der Waals surface area contributed by atoms with Crippen LogP contribution in [0, 0.1) is 0 Å². The Hall–Kier alpha value is -0.760. The van der Waals surface area contributed by atoms with Crippen molar-refractivity contribution < 1.29 is 4.21 Å². The zero-order valence-corrected chi connectivity index (χ0v) is 9.40. The molecule has 1 nitrogen and oxygen atoms in total. The van der Waals surface area contributed by atoms with Crippen molar-refractivity contribution in [1.82, 2.24) is 0 Å². The monoisotopic (exact) mass is 208 g/mol. The molecule has 0 N–H and O–H groups in total. The van der Waals surface area contributed by atoms with Crippen LogP contribution in [-0.4, -0.2) is 16.3 Å². The van der Waals surface area contributed by atoms with Crippen LogP contribution in [0.3, 0.4) is 0 Å². The van der Waals surface area contributed by atoms with Crippen molar-refractivity contribution >= 4 is 15.4 Å². The van der Waals surface area contributed by atoms with Gasteiger partial charge in [0.25, 0.3) is 0 Å². The predicted octanol–water partition coefficient (Wildman–Crippen LogP) is 2.27. The van der Waals surface area contributed by atoms with E-state index in [0.717, 1.165) is 11.3 Å². The Morgan fingerprint density at radius 1 is 1.21 bits per heavy atom. The van der Waals surface area contributed by atoms with Crippen LogP contribution in [0.2, 0.25) is 0 Å². The first-order valence-electron chi connectivity index (χ1n) is 5.01. The van der Waals surface area contributed by atoms with Crippen LogP contribution >= 0.6 is 0 Å². The van der Waals surface area contributed by atoms with E-state index in [1.165, 1.54) is 30.4 Å². The van der Waals surface area contributed by atoms with Gasteiger partial charge in [-0.2, -0.15) is 0 Å². The number of rotatable bonds is 1. The lowest BCUT2D eigenvalue weighted by Gasteiger charge is -2.16. The molecule has 0 saturated carbocycles. The minimum Gasteiger partial charge on any atom is -0.263 e. The van der Waals surface area contributed by atoms with Crippen LogP contribution in [0.4, 0.5) is 0 Å². The summed E-state index contributed by atoms with van der Waals surface area (Å²) < 4.78 is 11.8. The van der Waals surface area contributed by atoms with Crippen LogP contribution in [-0.2, 0) is 22.4 Å². The van der Waals surface area contributed by atoms with Gasteiger partial charge in [0.2, 0.25) is 0 Å². The average Bonchev–Trinajstić information content (AvgIpc) is 2.16. The normalized spacial score (nSPS) is 19.8. The van der Waals surface area contributed by atoms with Crippen molar-refractivity contribution in [2.75, 3.05) is 6.26 Å². The fourth-order valence-electron chi connectivity index (χ4n) is 1.98. The maximum absolute atomic E-state index is 11.8. The Labute approximate surface area is 86.2 Å². The van der Waals surface area contributed by atoms with E-state index in [-0.39, 0.29) is 0 Å². The zero-order chi connectivity index (χ0) is 10.2. The Bertz CT molecular complexity index is 443. The number of hydrogen-bond donors (Lipinski definition) is 0. The van der Waals surface area contributed by atoms with Crippen LogP contribution < -0.4 is 0 Å². The van der Waals surface area contributed by atoms with Gasteiger partial charge < -0.3 is 0 Å². The Morgan fingerprint density at radius 2 is 1.86 bits per heavy atom.